The lowest BCUT2D eigenvalue weighted by atomic mass is 9.74. The zero-order chi connectivity index (χ0) is 28.8. The smallest absolute Gasteiger partial charge is 0.295 e. The molecule has 2 fully saturated rings. The Balaban J connectivity index is 0.00000441. The first-order valence-electron chi connectivity index (χ1n) is 12.5. The highest BCUT2D eigenvalue weighted by atomic mass is 35.5. The van der Waals surface area contributed by atoms with Crippen molar-refractivity contribution in [2.24, 2.45) is 7.05 Å². The number of hydrogen-bond acceptors (Lipinski definition) is 6. The fraction of sp³-hybridized carbons (Fsp3) is 0.625. The third kappa shape index (κ3) is 6.77. The van der Waals surface area contributed by atoms with E-state index in [4.69, 9.17) is 11.6 Å². The van der Waals surface area contributed by atoms with Crippen LogP contribution in [-0.2, 0) is 23.2 Å². The highest BCUT2D eigenvalue weighted by Gasteiger charge is 2.49. The third-order valence-corrected chi connectivity index (χ3v) is 9.91. The van der Waals surface area contributed by atoms with Crippen molar-refractivity contribution in [1.82, 2.24) is 24.2 Å². The quantitative estimate of drug-likeness (QED) is 0.307. The van der Waals surface area contributed by atoms with Gasteiger partial charge in [0.05, 0.1) is 16.8 Å². The molecule has 1 unspecified atom stereocenters. The number of Topliss-reactive ketones (excluding diaryl/α,β-unsaturated/α-hetero) is 1. The molecule has 40 heavy (non-hydrogen) atoms. The molecule has 8 nitrogen and oxygen atoms in total. The molecule has 1 aliphatic heterocycles. The number of aromatic nitrogens is 3. The molecule has 1 atom stereocenters. The number of carbonyl (C=O) groups excluding carboxylic acids is 1. The lowest BCUT2D eigenvalue weighted by Crippen LogP contribution is -2.62. The first-order chi connectivity index (χ1) is 18.0. The van der Waals surface area contributed by atoms with Gasteiger partial charge < -0.3 is 0 Å². The number of piperazine rings is 1. The van der Waals surface area contributed by atoms with Gasteiger partial charge in [0.15, 0.2) is 5.78 Å². The number of sulfonamides is 1. The van der Waals surface area contributed by atoms with Gasteiger partial charge >= 0.3 is 6.18 Å². The van der Waals surface area contributed by atoms with Crippen LogP contribution >= 0.6 is 24.0 Å². The summed E-state index contributed by atoms with van der Waals surface area (Å²) < 4.78 is 96.1. The van der Waals surface area contributed by atoms with Crippen molar-refractivity contribution in [2.45, 2.75) is 74.2 Å². The van der Waals surface area contributed by atoms with Crippen LogP contribution in [-0.4, -0.2) is 75.5 Å². The fourth-order valence-electron chi connectivity index (χ4n) is 5.50. The first kappa shape index (κ1) is 32.6. The summed E-state index contributed by atoms with van der Waals surface area (Å²) in [5.74, 6) is -3.32. The maximum Gasteiger partial charge on any atom is 0.416 e. The van der Waals surface area contributed by atoms with Crippen LogP contribution < -0.4 is 0 Å². The standard InChI is InChI=1S/C24H29ClF5N5O3S.ClH/c1-16-14-34(11-12-35(16)39(37,38)21-15-33(2)32-31-21)22(7-9-23(26,27)10-8-22)6-5-20(36)18-4-3-17(13-19(18)25)24(28,29)30;/h3-4,13,15-16H,5-12,14H2,1-2H3;1H. The number of alkyl halides is 5. The summed E-state index contributed by atoms with van der Waals surface area (Å²) in [7, 11) is -2.37. The lowest BCUT2D eigenvalue weighted by molar-refractivity contribution is -0.137. The van der Waals surface area contributed by atoms with Crippen molar-refractivity contribution in [3.05, 3.63) is 40.5 Å². The van der Waals surface area contributed by atoms with Gasteiger partial charge in [0.25, 0.3) is 10.0 Å². The molecule has 2 heterocycles. The molecule has 0 amide bonds. The molecular formula is C24H30Cl2F5N5O3S. The summed E-state index contributed by atoms with van der Waals surface area (Å²) >= 11 is 6.00. The molecule has 1 saturated carbocycles. The van der Waals surface area contributed by atoms with Gasteiger partial charge in [0, 0.05) is 63.1 Å². The van der Waals surface area contributed by atoms with Crippen molar-refractivity contribution in [3.8, 4) is 0 Å². The van der Waals surface area contributed by atoms with Crippen LogP contribution in [0.15, 0.2) is 29.4 Å². The van der Waals surface area contributed by atoms with Gasteiger partial charge in [-0.1, -0.05) is 16.8 Å². The van der Waals surface area contributed by atoms with E-state index in [9.17, 15) is 35.2 Å². The van der Waals surface area contributed by atoms with Crippen molar-refractivity contribution in [2.75, 3.05) is 19.6 Å². The molecule has 0 bridgehead atoms. The first-order valence-corrected chi connectivity index (χ1v) is 14.3. The van der Waals surface area contributed by atoms with Crippen LogP contribution in [0.25, 0.3) is 0 Å². The lowest BCUT2D eigenvalue weighted by Gasteiger charge is -2.52. The molecule has 16 heteroatoms. The Morgan fingerprint density at radius 3 is 2.33 bits per heavy atom. The Hall–Kier alpha value is -1.87. The van der Waals surface area contributed by atoms with Gasteiger partial charge in [-0.25, -0.2) is 17.2 Å². The van der Waals surface area contributed by atoms with E-state index in [2.05, 4.69) is 10.3 Å². The summed E-state index contributed by atoms with van der Waals surface area (Å²) in [4.78, 5) is 15.0. The average molecular weight is 634 g/mol. The molecule has 1 aliphatic carbocycles. The highest BCUT2D eigenvalue weighted by Crippen LogP contribution is 2.45. The SMILES string of the molecule is CC1CN(C2(CCC(=O)c3ccc(C(F)(F)F)cc3Cl)CCC(F)(F)CC2)CCN1S(=O)(=O)c1cn(C)nn1.Cl. The Labute approximate surface area is 240 Å². The number of carbonyl (C=O) groups is 1. The molecular weight excluding hydrogens is 604 g/mol. The minimum Gasteiger partial charge on any atom is -0.295 e. The van der Waals surface area contributed by atoms with Crippen LogP contribution in [0.5, 0.6) is 0 Å². The van der Waals surface area contributed by atoms with Gasteiger partial charge in [-0.15, -0.1) is 17.5 Å². The van der Waals surface area contributed by atoms with E-state index in [-0.39, 0.29) is 86.2 Å². The Morgan fingerprint density at radius 1 is 1.15 bits per heavy atom. The third-order valence-electron chi connectivity index (χ3n) is 7.72. The van der Waals surface area contributed by atoms with Gasteiger partial charge in [-0.3, -0.25) is 14.4 Å². The minimum atomic E-state index is -4.61. The van der Waals surface area contributed by atoms with Crippen LogP contribution in [0.1, 0.15) is 61.4 Å². The van der Waals surface area contributed by atoms with Crippen molar-refractivity contribution in [1.29, 1.82) is 0 Å². The summed E-state index contributed by atoms with van der Waals surface area (Å²) in [5.41, 5.74) is -1.83. The minimum absolute atomic E-state index is 0. The van der Waals surface area contributed by atoms with Gasteiger partial charge in [-0.05, 0) is 44.4 Å². The molecule has 1 saturated heterocycles. The van der Waals surface area contributed by atoms with Crippen LogP contribution in [0.4, 0.5) is 22.0 Å². The van der Waals surface area contributed by atoms with Crippen molar-refractivity contribution < 1.29 is 35.2 Å². The van der Waals surface area contributed by atoms with E-state index >= 15 is 0 Å². The number of rotatable bonds is 7. The van der Waals surface area contributed by atoms with E-state index in [1.165, 1.54) is 15.2 Å². The van der Waals surface area contributed by atoms with Gasteiger partial charge in [0.1, 0.15) is 0 Å². The van der Waals surface area contributed by atoms with E-state index in [0.717, 1.165) is 12.1 Å². The van der Waals surface area contributed by atoms with Gasteiger partial charge in [-0.2, -0.15) is 17.5 Å². The van der Waals surface area contributed by atoms with E-state index in [0.29, 0.717) is 6.07 Å². The summed E-state index contributed by atoms with van der Waals surface area (Å²) in [5, 5.41) is 6.89. The molecule has 0 N–H and O–H groups in total. The van der Waals surface area contributed by atoms with Crippen molar-refractivity contribution in [3.63, 3.8) is 0 Å². The van der Waals surface area contributed by atoms with Crippen LogP contribution in [0, 0.1) is 0 Å². The zero-order valence-electron chi connectivity index (χ0n) is 21.8. The van der Waals surface area contributed by atoms with Gasteiger partial charge in [0.2, 0.25) is 10.9 Å². The van der Waals surface area contributed by atoms with E-state index < -0.39 is 45.0 Å². The Kier molecular flexibility index (Phi) is 9.62. The molecule has 2 aromatic rings. The fourth-order valence-corrected chi connectivity index (χ4v) is 7.31. The van der Waals surface area contributed by atoms with Crippen molar-refractivity contribution >= 4 is 39.8 Å². The summed E-state index contributed by atoms with van der Waals surface area (Å²) in [6.07, 6.45) is -3.80. The number of aryl methyl sites for hydroxylation is 1. The number of halogens is 7. The molecule has 4 rings (SSSR count). The zero-order valence-corrected chi connectivity index (χ0v) is 24.2. The number of benzene rings is 1. The maximum absolute atomic E-state index is 14.2. The molecule has 0 radical (unpaired) electrons. The number of hydrogen-bond donors (Lipinski definition) is 0. The number of nitrogens with zero attached hydrogens (tertiary/aromatic N) is 5. The highest BCUT2D eigenvalue weighted by molar-refractivity contribution is 7.89. The average Bonchev–Trinajstić information content (AvgIpc) is 3.30. The largest absolute Gasteiger partial charge is 0.416 e. The summed E-state index contributed by atoms with van der Waals surface area (Å²) in [6, 6.07) is 2.01. The molecule has 1 aromatic carbocycles. The molecule has 1 aromatic heterocycles. The maximum atomic E-state index is 14.2. The summed E-state index contributed by atoms with van der Waals surface area (Å²) in [6.45, 7) is 2.32. The van der Waals surface area contributed by atoms with E-state index in [1.807, 2.05) is 4.90 Å². The Morgan fingerprint density at radius 2 is 1.80 bits per heavy atom. The normalized spacial score (nSPS) is 22.1. The second-order valence-electron chi connectivity index (χ2n) is 10.3. The predicted octanol–water partition coefficient (Wildman–Crippen LogP) is 5.22. The predicted molar refractivity (Wildman–Crippen MR) is 139 cm³/mol. The molecule has 2 aliphatic rings. The number of ketones is 1. The topological polar surface area (TPSA) is 88.4 Å². The second-order valence-corrected chi connectivity index (χ2v) is 12.6. The Bertz CT molecular complexity index is 1330. The van der Waals surface area contributed by atoms with E-state index in [1.54, 1.807) is 14.0 Å². The second kappa shape index (κ2) is 11.8. The molecule has 224 valence electrons. The molecule has 0 spiro atoms. The van der Waals surface area contributed by atoms with Crippen LogP contribution in [0.3, 0.4) is 0 Å². The van der Waals surface area contributed by atoms with Crippen LogP contribution in [0.2, 0.25) is 5.02 Å². The monoisotopic (exact) mass is 633 g/mol.